The summed E-state index contributed by atoms with van der Waals surface area (Å²) in [7, 11) is -5.47. The van der Waals surface area contributed by atoms with Crippen LogP contribution in [0.4, 0.5) is 10.1 Å². The van der Waals surface area contributed by atoms with E-state index in [9.17, 15) is 21.2 Å². The van der Waals surface area contributed by atoms with Crippen LogP contribution >= 0.6 is 0 Å². The molecular weight excluding hydrogens is 393 g/mol. The first-order valence-corrected chi connectivity index (χ1v) is 11.3. The molecule has 1 heterocycles. The zero-order valence-corrected chi connectivity index (χ0v) is 16.4. The highest BCUT2D eigenvalue weighted by atomic mass is 32.2. The Morgan fingerprint density at radius 2 is 1.41 bits per heavy atom. The molecule has 0 radical (unpaired) electrons. The number of nitrogens with zero attached hydrogens (tertiary/aromatic N) is 1. The van der Waals surface area contributed by atoms with Crippen molar-refractivity contribution < 1.29 is 26.1 Å². The molecule has 0 spiro atoms. The van der Waals surface area contributed by atoms with Crippen molar-refractivity contribution >= 4 is 25.7 Å². The molecule has 3 rings (SSSR count). The number of nitrogens with one attached hydrogen (secondary N) is 2. The number of rotatable bonds is 5. The summed E-state index contributed by atoms with van der Waals surface area (Å²) in [5, 5.41) is 0. The van der Waals surface area contributed by atoms with Crippen molar-refractivity contribution in [2.24, 2.45) is 0 Å². The third-order valence-electron chi connectivity index (χ3n) is 4.44. The second-order valence-corrected chi connectivity index (χ2v) is 10.1. The molecule has 10 heteroatoms. The molecule has 0 bridgehead atoms. The van der Waals surface area contributed by atoms with Gasteiger partial charge in [-0.1, -0.05) is 0 Å². The van der Waals surface area contributed by atoms with Gasteiger partial charge in [0.15, 0.2) is 0 Å². The maximum Gasteiger partial charge on any atom is 0.261 e. The van der Waals surface area contributed by atoms with Crippen molar-refractivity contribution in [3.8, 4) is 0 Å². The fraction of sp³-hybridized carbons (Fsp3) is 0.294. The average molecular weight is 415 g/mol. The third-order valence-corrected chi connectivity index (χ3v) is 7.75. The number of sulfonamides is 2. The number of anilines is 1. The Balaban J connectivity index is 1.76. The van der Waals surface area contributed by atoms with Crippen molar-refractivity contribution in [3.63, 3.8) is 0 Å². The van der Waals surface area contributed by atoms with E-state index >= 15 is 0 Å². The van der Waals surface area contributed by atoms with E-state index in [1.807, 2.05) is 7.05 Å². The summed E-state index contributed by atoms with van der Waals surface area (Å²) in [6.07, 6.45) is 0. The van der Waals surface area contributed by atoms with Gasteiger partial charge < -0.3 is 4.90 Å². The van der Waals surface area contributed by atoms with Crippen molar-refractivity contribution in [1.82, 2.24) is 4.31 Å². The van der Waals surface area contributed by atoms with Gasteiger partial charge in [-0.05, 0) is 48.5 Å². The van der Waals surface area contributed by atoms with E-state index in [1.54, 1.807) is 0 Å². The minimum absolute atomic E-state index is 0.0828. The van der Waals surface area contributed by atoms with E-state index in [-0.39, 0.29) is 15.5 Å². The summed E-state index contributed by atoms with van der Waals surface area (Å²) in [5.41, 5.74) is 0.223. The fourth-order valence-electron chi connectivity index (χ4n) is 2.78. The molecule has 1 aliphatic rings. The first-order chi connectivity index (χ1) is 12.7. The van der Waals surface area contributed by atoms with E-state index in [2.05, 4.69) is 4.72 Å². The highest BCUT2D eigenvalue weighted by Gasteiger charge is 2.29. The zero-order chi connectivity index (χ0) is 19.7. The van der Waals surface area contributed by atoms with Gasteiger partial charge in [0.2, 0.25) is 10.0 Å². The van der Waals surface area contributed by atoms with Gasteiger partial charge in [0.05, 0.1) is 43.0 Å². The average Bonchev–Trinajstić information content (AvgIpc) is 2.62. The van der Waals surface area contributed by atoms with Crippen LogP contribution in [-0.4, -0.2) is 54.4 Å². The number of halogens is 1. The van der Waals surface area contributed by atoms with Crippen LogP contribution in [0.25, 0.3) is 0 Å². The van der Waals surface area contributed by atoms with E-state index < -0.39 is 25.9 Å². The molecule has 2 aromatic rings. The normalized spacial score (nSPS) is 17.0. The maximum absolute atomic E-state index is 13.0. The van der Waals surface area contributed by atoms with Crippen molar-refractivity contribution in [2.45, 2.75) is 9.79 Å². The van der Waals surface area contributed by atoms with Crippen LogP contribution < -0.4 is 9.62 Å². The Kier molecular flexibility index (Phi) is 5.52. The van der Waals surface area contributed by atoms with E-state index in [0.717, 1.165) is 37.4 Å². The largest absolute Gasteiger partial charge is 0.335 e. The molecule has 0 aliphatic carbocycles. The Labute approximate surface area is 158 Å². The maximum atomic E-state index is 13.0. The Hall–Kier alpha value is -2.01. The van der Waals surface area contributed by atoms with Crippen LogP contribution in [0.2, 0.25) is 0 Å². The standard InChI is InChI=1S/C17H20FN3O4S2/c1-20-10-12-21(13-11-20)27(24,25)17-8-4-15(5-9-17)19-26(22,23)16-6-2-14(18)3-7-16/h2-9,19H,10-13H2,1H3/p+1. The summed E-state index contributed by atoms with van der Waals surface area (Å²) >= 11 is 0. The third kappa shape index (κ3) is 4.46. The molecule has 7 nitrogen and oxygen atoms in total. The monoisotopic (exact) mass is 414 g/mol. The molecule has 2 aromatic carbocycles. The van der Waals surface area contributed by atoms with Crippen molar-refractivity contribution in [3.05, 3.63) is 54.3 Å². The second kappa shape index (κ2) is 7.55. The summed E-state index contributed by atoms with van der Waals surface area (Å²) in [6.45, 7) is 2.39. The number of likely N-dealkylation sites (N-methyl/N-ethyl adjacent to an activating group) is 1. The molecule has 0 unspecified atom stereocenters. The number of quaternary nitrogens is 1. The van der Waals surface area contributed by atoms with Gasteiger partial charge in [0, 0.05) is 5.69 Å². The predicted molar refractivity (Wildman–Crippen MR) is 99.0 cm³/mol. The van der Waals surface area contributed by atoms with Gasteiger partial charge in [0.25, 0.3) is 10.0 Å². The van der Waals surface area contributed by atoms with Gasteiger partial charge in [-0.25, -0.2) is 21.2 Å². The fourth-order valence-corrected chi connectivity index (χ4v) is 5.28. The van der Waals surface area contributed by atoms with Gasteiger partial charge in [0.1, 0.15) is 5.82 Å². The van der Waals surface area contributed by atoms with Crippen LogP contribution in [0.5, 0.6) is 0 Å². The Bertz CT molecular complexity index is 999. The SMILES string of the molecule is C[NH+]1CCN(S(=O)(=O)c2ccc(NS(=O)(=O)c3ccc(F)cc3)cc2)CC1. The number of piperazine rings is 1. The minimum Gasteiger partial charge on any atom is -0.335 e. The summed E-state index contributed by atoms with van der Waals surface area (Å²) in [6, 6.07) is 9.98. The summed E-state index contributed by atoms with van der Waals surface area (Å²) in [5.74, 6) is -0.533. The van der Waals surface area contributed by atoms with Gasteiger partial charge >= 0.3 is 0 Å². The molecule has 0 atom stereocenters. The van der Waals surface area contributed by atoms with Crippen LogP contribution in [-0.2, 0) is 20.0 Å². The lowest BCUT2D eigenvalue weighted by molar-refractivity contribution is -0.883. The molecule has 27 heavy (non-hydrogen) atoms. The van der Waals surface area contributed by atoms with Crippen LogP contribution in [0.3, 0.4) is 0 Å². The Morgan fingerprint density at radius 1 is 0.889 bits per heavy atom. The number of hydrogen-bond acceptors (Lipinski definition) is 4. The van der Waals surface area contributed by atoms with Crippen LogP contribution in [0.1, 0.15) is 0 Å². The lowest BCUT2D eigenvalue weighted by Crippen LogP contribution is -3.12. The molecule has 1 aliphatic heterocycles. The van der Waals surface area contributed by atoms with E-state index in [1.165, 1.54) is 33.5 Å². The molecule has 2 N–H and O–H groups in total. The first-order valence-electron chi connectivity index (χ1n) is 8.38. The Morgan fingerprint density at radius 3 is 1.96 bits per heavy atom. The highest BCUT2D eigenvalue weighted by Crippen LogP contribution is 2.21. The van der Waals surface area contributed by atoms with E-state index in [0.29, 0.717) is 13.1 Å². The number of benzene rings is 2. The topological polar surface area (TPSA) is 88.0 Å². The van der Waals surface area contributed by atoms with Crippen molar-refractivity contribution in [2.75, 3.05) is 37.9 Å². The molecule has 146 valence electrons. The molecule has 0 amide bonds. The second-order valence-electron chi connectivity index (χ2n) is 6.44. The predicted octanol–water partition coefficient (Wildman–Crippen LogP) is 0.146. The molecule has 0 aromatic heterocycles. The van der Waals surface area contributed by atoms with Gasteiger partial charge in [-0.15, -0.1) is 0 Å². The summed E-state index contributed by atoms with van der Waals surface area (Å²) in [4.78, 5) is 1.32. The minimum atomic E-state index is -3.88. The first kappa shape index (κ1) is 19.7. The quantitative estimate of drug-likeness (QED) is 0.729. The van der Waals surface area contributed by atoms with E-state index in [4.69, 9.17) is 0 Å². The zero-order valence-electron chi connectivity index (χ0n) is 14.7. The van der Waals surface area contributed by atoms with Gasteiger partial charge in [-0.2, -0.15) is 4.31 Å². The van der Waals surface area contributed by atoms with Gasteiger partial charge in [-0.3, -0.25) is 4.72 Å². The van der Waals surface area contributed by atoms with Crippen molar-refractivity contribution in [1.29, 1.82) is 0 Å². The smallest absolute Gasteiger partial charge is 0.261 e. The summed E-state index contributed by atoms with van der Waals surface area (Å²) < 4.78 is 66.7. The molecule has 0 saturated carbocycles. The lowest BCUT2D eigenvalue weighted by Gasteiger charge is -2.29. The van der Waals surface area contributed by atoms with Crippen LogP contribution in [0, 0.1) is 5.82 Å². The molecule has 1 saturated heterocycles. The molecular formula is C17H21FN3O4S2+. The highest BCUT2D eigenvalue weighted by molar-refractivity contribution is 7.92. The van der Waals surface area contributed by atoms with Crippen LogP contribution in [0.15, 0.2) is 58.3 Å². The lowest BCUT2D eigenvalue weighted by atomic mass is 10.3. The number of hydrogen-bond donors (Lipinski definition) is 2. The molecule has 1 fully saturated rings.